The van der Waals surface area contributed by atoms with E-state index in [-0.39, 0.29) is 11.9 Å². The molecule has 0 spiro atoms. The van der Waals surface area contributed by atoms with Crippen LogP contribution in [0.4, 0.5) is 0 Å². The lowest BCUT2D eigenvalue weighted by Crippen LogP contribution is -2.37. The Morgan fingerprint density at radius 2 is 1.92 bits per heavy atom. The van der Waals surface area contributed by atoms with Gasteiger partial charge in [0.15, 0.2) is 0 Å². The number of rotatable bonds is 6. The lowest BCUT2D eigenvalue weighted by Gasteiger charge is -2.16. The Balaban J connectivity index is 1.40. The average molecular weight is 405 g/mol. The topological polar surface area (TPSA) is 32.3 Å². The number of carbonyl (C=O) groups is 1. The van der Waals surface area contributed by atoms with E-state index < -0.39 is 0 Å². The zero-order valence-electron chi connectivity index (χ0n) is 13.5. The number of nitrogens with one attached hydrogen (secondary N) is 1. The van der Waals surface area contributed by atoms with Crippen molar-refractivity contribution >= 4 is 33.6 Å². The van der Waals surface area contributed by atoms with E-state index in [1.807, 2.05) is 30.3 Å². The zero-order valence-corrected chi connectivity index (χ0v) is 15.9. The van der Waals surface area contributed by atoms with Crippen LogP contribution in [0.3, 0.4) is 0 Å². The summed E-state index contributed by atoms with van der Waals surface area (Å²) >= 11 is 5.00. The minimum Gasteiger partial charge on any atom is -0.351 e. The Morgan fingerprint density at radius 3 is 2.67 bits per heavy atom. The molecule has 1 N–H and O–H groups in total. The second-order valence-corrected chi connectivity index (χ2v) is 7.98. The van der Waals surface area contributed by atoms with Crippen molar-refractivity contribution in [3.8, 4) is 0 Å². The van der Waals surface area contributed by atoms with Gasteiger partial charge in [0.2, 0.25) is 5.91 Å². The van der Waals surface area contributed by atoms with Crippen molar-refractivity contribution in [3.63, 3.8) is 0 Å². The van der Waals surface area contributed by atoms with Gasteiger partial charge in [0.1, 0.15) is 0 Å². The van der Waals surface area contributed by atoms with Gasteiger partial charge < -0.3 is 5.32 Å². The normalized spacial score (nSPS) is 17.8. The molecule has 0 saturated carbocycles. The Hall–Kier alpha value is -1.30. The van der Waals surface area contributed by atoms with Crippen LogP contribution in [-0.2, 0) is 11.3 Å². The van der Waals surface area contributed by atoms with E-state index in [4.69, 9.17) is 0 Å². The number of halogens is 1. The molecule has 3 rings (SSSR count). The van der Waals surface area contributed by atoms with Crippen LogP contribution in [-0.4, -0.2) is 35.7 Å². The Morgan fingerprint density at radius 1 is 1.17 bits per heavy atom. The number of carbonyl (C=O) groups excluding carboxylic acids is 1. The fraction of sp³-hybridized carbons (Fsp3) is 0.316. The molecule has 5 heteroatoms. The van der Waals surface area contributed by atoms with Crippen LogP contribution >= 0.6 is 27.7 Å². The predicted octanol–water partition coefficient (Wildman–Crippen LogP) is 3.93. The number of amides is 1. The third kappa shape index (κ3) is 5.36. The van der Waals surface area contributed by atoms with Crippen molar-refractivity contribution < 1.29 is 4.79 Å². The predicted molar refractivity (Wildman–Crippen MR) is 103 cm³/mol. The van der Waals surface area contributed by atoms with Crippen LogP contribution < -0.4 is 5.32 Å². The van der Waals surface area contributed by atoms with E-state index in [1.165, 1.54) is 5.56 Å². The molecule has 1 atom stereocenters. The van der Waals surface area contributed by atoms with Crippen LogP contribution in [0, 0.1) is 0 Å². The number of thioether (sulfide) groups is 1. The van der Waals surface area contributed by atoms with Gasteiger partial charge >= 0.3 is 0 Å². The number of benzene rings is 2. The van der Waals surface area contributed by atoms with Crippen molar-refractivity contribution in [2.45, 2.75) is 23.9 Å². The van der Waals surface area contributed by atoms with Gasteiger partial charge in [-0.05, 0) is 36.2 Å². The molecule has 1 aliphatic rings. The third-order valence-corrected chi connectivity index (χ3v) is 5.61. The number of likely N-dealkylation sites (tertiary alicyclic amines) is 1. The second-order valence-electron chi connectivity index (χ2n) is 6.02. The molecule has 0 aromatic heterocycles. The second kappa shape index (κ2) is 8.70. The van der Waals surface area contributed by atoms with Crippen molar-refractivity contribution in [3.05, 3.63) is 64.6 Å². The molecule has 3 nitrogen and oxygen atoms in total. The SMILES string of the molecule is O=C(CSc1ccc(Br)cc1)N[C@@H]1CCN(Cc2ccccc2)C1. The van der Waals surface area contributed by atoms with E-state index in [9.17, 15) is 4.79 Å². The number of hydrogen-bond acceptors (Lipinski definition) is 3. The summed E-state index contributed by atoms with van der Waals surface area (Å²) < 4.78 is 1.06. The summed E-state index contributed by atoms with van der Waals surface area (Å²) in [5.74, 6) is 0.589. The maximum atomic E-state index is 12.1. The standard InChI is InChI=1S/C19H21BrN2OS/c20-16-6-8-18(9-7-16)24-14-19(23)21-17-10-11-22(13-17)12-15-4-2-1-3-5-15/h1-9,17H,10-14H2,(H,21,23)/t17-/m1/s1. The van der Waals surface area contributed by atoms with Crippen molar-refractivity contribution in [2.75, 3.05) is 18.8 Å². The van der Waals surface area contributed by atoms with E-state index >= 15 is 0 Å². The maximum absolute atomic E-state index is 12.1. The summed E-state index contributed by atoms with van der Waals surface area (Å²) in [5.41, 5.74) is 1.33. The summed E-state index contributed by atoms with van der Waals surface area (Å²) in [4.78, 5) is 15.7. The van der Waals surface area contributed by atoms with Gasteiger partial charge in [-0.3, -0.25) is 9.69 Å². The van der Waals surface area contributed by atoms with Crippen LogP contribution in [0.1, 0.15) is 12.0 Å². The minimum atomic E-state index is 0.120. The monoisotopic (exact) mass is 404 g/mol. The van der Waals surface area contributed by atoms with Crippen molar-refractivity contribution in [1.29, 1.82) is 0 Å². The summed E-state index contributed by atoms with van der Waals surface area (Å²) in [7, 11) is 0. The van der Waals surface area contributed by atoms with Crippen molar-refractivity contribution in [2.24, 2.45) is 0 Å². The van der Waals surface area contributed by atoms with Gasteiger partial charge in [0.25, 0.3) is 0 Å². The van der Waals surface area contributed by atoms with Gasteiger partial charge in [-0.15, -0.1) is 11.8 Å². The molecule has 1 aliphatic heterocycles. The van der Waals surface area contributed by atoms with E-state index in [1.54, 1.807) is 11.8 Å². The molecule has 2 aromatic carbocycles. The first-order valence-corrected chi connectivity index (χ1v) is 9.91. The van der Waals surface area contributed by atoms with E-state index in [0.29, 0.717) is 5.75 Å². The van der Waals surface area contributed by atoms with Crippen LogP contribution in [0.5, 0.6) is 0 Å². The van der Waals surface area contributed by atoms with Crippen LogP contribution in [0.2, 0.25) is 0 Å². The summed E-state index contributed by atoms with van der Waals surface area (Å²) in [6, 6.07) is 18.8. The van der Waals surface area contributed by atoms with Crippen LogP contribution in [0.15, 0.2) is 64.0 Å². The zero-order chi connectivity index (χ0) is 16.8. The van der Waals surface area contributed by atoms with Gasteiger partial charge in [0, 0.05) is 35.0 Å². The average Bonchev–Trinajstić information content (AvgIpc) is 3.02. The largest absolute Gasteiger partial charge is 0.351 e. The minimum absolute atomic E-state index is 0.120. The molecular weight excluding hydrogens is 384 g/mol. The highest BCUT2D eigenvalue weighted by Gasteiger charge is 2.23. The summed E-state index contributed by atoms with van der Waals surface area (Å²) in [5, 5.41) is 3.17. The number of hydrogen-bond donors (Lipinski definition) is 1. The first-order chi connectivity index (χ1) is 11.7. The number of nitrogens with zero attached hydrogens (tertiary/aromatic N) is 1. The highest BCUT2D eigenvalue weighted by molar-refractivity contribution is 9.10. The molecule has 0 aliphatic carbocycles. The molecule has 1 saturated heterocycles. The van der Waals surface area contributed by atoms with Gasteiger partial charge in [-0.1, -0.05) is 46.3 Å². The smallest absolute Gasteiger partial charge is 0.230 e. The summed E-state index contributed by atoms with van der Waals surface area (Å²) in [6.45, 7) is 2.93. The lowest BCUT2D eigenvalue weighted by atomic mass is 10.2. The summed E-state index contributed by atoms with van der Waals surface area (Å²) in [6.07, 6.45) is 1.03. The molecule has 0 bridgehead atoms. The molecule has 1 fully saturated rings. The molecule has 1 amide bonds. The fourth-order valence-corrected chi connectivity index (χ4v) is 3.86. The van der Waals surface area contributed by atoms with Gasteiger partial charge in [-0.25, -0.2) is 0 Å². The molecule has 0 unspecified atom stereocenters. The van der Waals surface area contributed by atoms with Gasteiger partial charge in [-0.2, -0.15) is 0 Å². The van der Waals surface area contributed by atoms with Crippen molar-refractivity contribution in [1.82, 2.24) is 10.2 Å². The molecule has 0 radical (unpaired) electrons. The molecule has 126 valence electrons. The quantitative estimate of drug-likeness (QED) is 0.740. The Kier molecular flexibility index (Phi) is 6.35. The molecular formula is C19H21BrN2OS. The van der Waals surface area contributed by atoms with Crippen LogP contribution in [0.25, 0.3) is 0 Å². The lowest BCUT2D eigenvalue weighted by molar-refractivity contribution is -0.119. The first-order valence-electron chi connectivity index (χ1n) is 8.13. The van der Waals surface area contributed by atoms with E-state index in [2.05, 4.69) is 50.4 Å². The Labute approximate surface area is 155 Å². The third-order valence-electron chi connectivity index (χ3n) is 4.07. The molecule has 1 heterocycles. The molecule has 24 heavy (non-hydrogen) atoms. The van der Waals surface area contributed by atoms with Gasteiger partial charge in [0.05, 0.1) is 5.75 Å². The maximum Gasteiger partial charge on any atom is 0.230 e. The first kappa shape index (κ1) is 17.5. The highest BCUT2D eigenvalue weighted by Crippen LogP contribution is 2.20. The highest BCUT2D eigenvalue weighted by atomic mass is 79.9. The molecule has 2 aromatic rings. The van der Waals surface area contributed by atoms with E-state index in [0.717, 1.165) is 35.4 Å². The fourth-order valence-electron chi connectivity index (χ4n) is 2.88. The Bertz CT molecular complexity index is 663.